The third-order valence-corrected chi connectivity index (χ3v) is 3.87. The molecule has 2 unspecified atom stereocenters. The summed E-state index contributed by atoms with van der Waals surface area (Å²) >= 11 is 0. The van der Waals surface area contributed by atoms with Crippen molar-refractivity contribution in [1.82, 2.24) is 5.32 Å². The Hall–Kier alpha value is -0.910. The molecule has 1 rings (SSSR count). The molecule has 0 aromatic carbocycles. The van der Waals surface area contributed by atoms with Gasteiger partial charge >= 0.3 is 5.97 Å². The van der Waals surface area contributed by atoms with Crippen LogP contribution in [-0.2, 0) is 20.4 Å². The van der Waals surface area contributed by atoms with Gasteiger partial charge < -0.3 is 10.4 Å². The fourth-order valence-electron chi connectivity index (χ4n) is 1.40. The van der Waals surface area contributed by atoms with Gasteiger partial charge in [0, 0.05) is 29.0 Å². The van der Waals surface area contributed by atoms with Crippen LogP contribution in [0.25, 0.3) is 0 Å². The second-order valence-corrected chi connectivity index (χ2v) is 4.93. The van der Waals surface area contributed by atoms with Gasteiger partial charge in [-0.1, -0.05) is 0 Å². The first-order valence-electron chi connectivity index (χ1n) is 4.45. The van der Waals surface area contributed by atoms with Crippen LogP contribution in [0.3, 0.4) is 0 Å². The Kier molecular flexibility index (Phi) is 4.06. The minimum atomic E-state index is -1.35. The van der Waals surface area contributed by atoms with Gasteiger partial charge in [-0.15, -0.1) is 0 Å². The molecule has 2 atom stereocenters. The van der Waals surface area contributed by atoms with Crippen LogP contribution >= 0.6 is 0 Å². The molecular formula is C8H13NO4S. The van der Waals surface area contributed by atoms with E-state index >= 15 is 0 Å². The van der Waals surface area contributed by atoms with Gasteiger partial charge in [0.2, 0.25) is 5.91 Å². The Morgan fingerprint density at radius 3 is 2.93 bits per heavy atom. The Morgan fingerprint density at radius 2 is 2.29 bits per heavy atom. The molecular weight excluding hydrogens is 206 g/mol. The molecule has 1 fully saturated rings. The largest absolute Gasteiger partial charge is 0.481 e. The second kappa shape index (κ2) is 5.09. The van der Waals surface area contributed by atoms with Crippen molar-refractivity contribution in [2.45, 2.75) is 24.5 Å². The molecule has 1 aliphatic heterocycles. The number of hydrogen-bond donors (Lipinski definition) is 2. The van der Waals surface area contributed by atoms with Gasteiger partial charge in [-0.25, -0.2) is 0 Å². The monoisotopic (exact) mass is 219 g/mol. The molecule has 1 amide bonds. The first-order valence-corrected chi connectivity index (χ1v) is 5.83. The van der Waals surface area contributed by atoms with E-state index in [-0.39, 0.29) is 16.9 Å². The lowest BCUT2D eigenvalue weighted by molar-refractivity contribution is -0.134. The maximum absolute atomic E-state index is 11.5. The molecule has 0 radical (unpaired) electrons. The van der Waals surface area contributed by atoms with Crippen molar-refractivity contribution in [3.8, 4) is 0 Å². The third-order valence-electron chi connectivity index (χ3n) is 2.12. The van der Waals surface area contributed by atoms with Crippen molar-refractivity contribution in [2.24, 2.45) is 0 Å². The van der Waals surface area contributed by atoms with Crippen molar-refractivity contribution in [1.29, 1.82) is 0 Å². The SMILES string of the molecule is O=C(O)CS(=O)C1CCNC(=O)CC1. The molecule has 80 valence electrons. The van der Waals surface area contributed by atoms with E-state index in [1.807, 2.05) is 0 Å². The lowest BCUT2D eigenvalue weighted by Gasteiger charge is -2.10. The van der Waals surface area contributed by atoms with Crippen LogP contribution in [0, 0.1) is 0 Å². The van der Waals surface area contributed by atoms with E-state index in [1.165, 1.54) is 0 Å². The van der Waals surface area contributed by atoms with Gasteiger partial charge in [-0.3, -0.25) is 13.8 Å². The van der Waals surface area contributed by atoms with Crippen LogP contribution in [0.1, 0.15) is 19.3 Å². The lowest BCUT2D eigenvalue weighted by Crippen LogP contribution is -2.24. The molecule has 0 aromatic heterocycles. The van der Waals surface area contributed by atoms with Gasteiger partial charge in [-0.05, 0) is 12.8 Å². The van der Waals surface area contributed by atoms with Gasteiger partial charge in [0.1, 0.15) is 5.75 Å². The summed E-state index contributed by atoms with van der Waals surface area (Å²) in [5.74, 6) is -1.41. The molecule has 0 aliphatic carbocycles. The Labute approximate surface area is 84.3 Å². The minimum Gasteiger partial charge on any atom is -0.481 e. The highest BCUT2D eigenvalue weighted by Gasteiger charge is 2.22. The van der Waals surface area contributed by atoms with E-state index in [9.17, 15) is 13.8 Å². The minimum absolute atomic E-state index is 0.0418. The van der Waals surface area contributed by atoms with Crippen LogP contribution < -0.4 is 5.32 Å². The highest BCUT2D eigenvalue weighted by molar-refractivity contribution is 7.86. The second-order valence-electron chi connectivity index (χ2n) is 3.22. The molecule has 1 aliphatic rings. The summed E-state index contributed by atoms with van der Waals surface area (Å²) in [6.07, 6.45) is 1.47. The quantitative estimate of drug-likeness (QED) is 0.669. The summed E-state index contributed by atoms with van der Waals surface area (Å²) in [5, 5.41) is 11.0. The first-order chi connectivity index (χ1) is 6.59. The molecule has 1 heterocycles. The van der Waals surface area contributed by atoms with E-state index in [2.05, 4.69) is 5.32 Å². The van der Waals surface area contributed by atoms with E-state index in [4.69, 9.17) is 5.11 Å². The van der Waals surface area contributed by atoms with E-state index < -0.39 is 16.8 Å². The summed E-state index contributed by atoms with van der Waals surface area (Å²) < 4.78 is 11.5. The number of carbonyl (C=O) groups is 2. The van der Waals surface area contributed by atoms with Crippen LogP contribution in [0.4, 0.5) is 0 Å². The van der Waals surface area contributed by atoms with Crippen LogP contribution in [-0.4, -0.2) is 38.7 Å². The number of carbonyl (C=O) groups excluding carboxylic acids is 1. The number of carboxylic acids is 1. The number of carboxylic acid groups (broad SMARTS) is 1. The average Bonchev–Trinajstić information content (AvgIpc) is 2.28. The highest BCUT2D eigenvalue weighted by atomic mass is 32.2. The van der Waals surface area contributed by atoms with Crippen molar-refractivity contribution in [2.75, 3.05) is 12.3 Å². The Bertz CT molecular complexity index is 266. The van der Waals surface area contributed by atoms with Crippen molar-refractivity contribution < 1.29 is 18.9 Å². The zero-order valence-corrected chi connectivity index (χ0v) is 8.51. The fourth-order valence-corrected chi connectivity index (χ4v) is 2.64. The van der Waals surface area contributed by atoms with Crippen LogP contribution in [0.2, 0.25) is 0 Å². The zero-order valence-electron chi connectivity index (χ0n) is 7.69. The average molecular weight is 219 g/mol. The van der Waals surface area contributed by atoms with E-state index in [0.29, 0.717) is 25.8 Å². The molecule has 0 bridgehead atoms. The highest BCUT2D eigenvalue weighted by Crippen LogP contribution is 2.12. The maximum Gasteiger partial charge on any atom is 0.316 e. The molecule has 0 spiro atoms. The van der Waals surface area contributed by atoms with Gasteiger partial charge in [-0.2, -0.15) is 0 Å². The summed E-state index contributed by atoms with van der Waals surface area (Å²) in [6, 6.07) is 0. The van der Waals surface area contributed by atoms with E-state index in [1.54, 1.807) is 0 Å². The van der Waals surface area contributed by atoms with Gasteiger partial charge in [0.05, 0.1) is 0 Å². The summed E-state index contributed by atoms with van der Waals surface area (Å²) in [4.78, 5) is 21.3. The normalized spacial score (nSPS) is 24.9. The van der Waals surface area contributed by atoms with Crippen molar-refractivity contribution in [3.05, 3.63) is 0 Å². The Morgan fingerprint density at radius 1 is 1.57 bits per heavy atom. The van der Waals surface area contributed by atoms with Crippen molar-refractivity contribution >= 4 is 22.7 Å². The molecule has 14 heavy (non-hydrogen) atoms. The lowest BCUT2D eigenvalue weighted by atomic mass is 10.2. The van der Waals surface area contributed by atoms with E-state index in [0.717, 1.165) is 0 Å². The molecule has 1 saturated heterocycles. The predicted molar refractivity (Wildman–Crippen MR) is 51.3 cm³/mol. The number of aliphatic carboxylic acids is 1. The number of nitrogens with one attached hydrogen (secondary N) is 1. The summed E-state index contributed by atoms with van der Waals surface area (Å²) in [5.41, 5.74) is 0. The van der Waals surface area contributed by atoms with Gasteiger partial charge in [0.25, 0.3) is 0 Å². The number of rotatable bonds is 3. The molecule has 0 saturated carbocycles. The van der Waals surface area contributed by atoms with Crippen LogP contribution in [0.15, 0.2) is 0 Å². The Balaban J connectivity index is 2.47. The van der Waals surface area contributed by atoms with Crippen LogP contribution in [0.5, 0.6) is 0 Å². The van der Waals surface area contributed by atoms with Gasteiger partial charge in [0.15, 0.2) is 0 Å². The molecule has 5 nitrogen and oxygen atoms in total. The third kappa shape index (κ3) is 3.45. The smallest absolute Gasteiger partial charge is 0.316 e. The summed E-state index contributed by atoms with van der Waals surface area (Å²) in [7, 11) is -1.35. The summed E-state index contributed by atoms with van der Waals surface area (Å²) in [6.45, 7) is 0.495. The molecule has 2 N–H and O–H groups in total. The molecule has 0 aromatic rings. The molecule has 6 heteroatoms. The zero-order chi connectivity index (χ0) is 10.6. The fraction of sp³-hybridized carbons (Fsp3) is 0.750. The van der Waals surface area contributed by atoms with Crippen molar-refractivity contribution in [3.63, 3.8) is 0 Å². The standard InChI is InChI=1S/C8H13NO4S/c10-7-2-1-6(3-4-9-7)14(13)5-8(11)12/h6H,1-5H2,(H,9,10)(H,11,12). The first kappa shape index (κ1) is 11.2. The number of amides is 1. The predicted octanol–water partition coefficient (Wildman–Crippen LogP) is -0.512. The number of hydrogen-bond acceptors (Lipinski definition) is 3. The topological polar surface area (TPSA) is 83.5 Å². The maximum atomic E-state index is 11.5.